The van der Waals surface area contributed by atoms with E-state index in [1.165, 1.54) is 0 Å². The van der Waals surface area contributed by atoms with Crippen LogP contribution in [0.25, 0.3) is 0 Å². The third kappa shape index (κ3) is 4.77. The van der Waals surface area contributed by atoms with Gasteiger partial charge in [-0.3, -0.25) is 4.79 Å². The summed E-state index contributed by atoms with van der Waals surface area (Å²) in [5.74, 6) is 0.713. The van der Waals surface area contributed by atoms with Crippen LogP contribution in [0.1, 0.15) is 58.3 Å². The molecule has 1 heterocycles. The molecule has 19 heavy (non-hydrogen) atoms. The van der Waals surface area contributed by atoms with Crippen molar-refractivity contribution < 1.29 is 14.6 Å². The normalized spacial score (nSPS) is 35.9. The van der Waals surface area contributed by atoms with Gasteiger partial charge in [0, 0.05) is 13.2 Å². The Morgan fingerprint density at radius 2 is 2.05 bits per heavy atom. The van der Waals surface area contributed by atoms with Crippen molar-refractivity contribution in [3.05, 3.63) is 0 Å². The standard InChI is InChI=1S/C15H27NO3/c1-12-5-7-15(18,8-6-12)11-16-14(17)10-13-4-2-3-9-19-13/h12-13,18H,2-11H2,1H3,(H,16,17). The molecule has 0 aromatic heterocycles. The highest BCUT2D eigenvalue weighted by Crippen LogP contribution is 2.31. The second-order valence-corrected chi connectivity index (χ2v) is 6.38. The number of nitrogens with one attached hydrogen (secondary N) is 1. The van der Waals surface area contributed by atoms with E-state index in [0.29, 0.717) is 18.9 Å². The smallest absolute Gasteiger partial charge is 0.222 e. The molecule has 2 N–H and O–H groups in total. The molecule has 0 spiro atoms. The predicted octanol–water partition coefficient (Wildman–Crippen LogP) is 2.00. The first-order valence-electron chi connectivity index (χ1n) is 7.68. The Morgan fingerprint density at radius 1 is 1.32 bits per heavy atom. The summed E-state index contributed by atoms with van der Waals surface area (Å²) in [7, 11) is 0. The first-order chi connectivity index (χ1) is 9.07. The maximum atomic E-state index is 11.9. The number of carbonyl (C=O) groups is 1. The van der Waals surface area contributed by atoms with Crippen LogP contribution in [0, 0.1) is 5.92 Å². The summed E-state index contributed by atoms with van der Waals surface area (Å²) < 4.78 is 5.56. The van der Waals surface area contributed by atoms with E-state index in [1.807, 2.05) is 0 Å². The van der Waals surface area contributed by atoms with Crippen molar-refractivity contribution in [2.75, 3.05) is 13.2 Å². The summed E-state index contributed by atoms with van der Waals surface area (Å²) in [6, 6.07) is 0. The van der Waals surface area contributed by atoms with E-state index in [2.05, 4.69) is 12.2 Å². The molecule has 2 fully saturated rings. The molecule has 0 aromatic carbocycles. The fraction of sp³-hybridized carbons (Fsp3) is 0.933. The molecule has 4 heteroatoms. The molecule has 1 atom stereocenters. The van der Waals surface area contributed by atoms with Crippen molar-refractivity contribution >= 4 is 5.91 Å². The molecule has 0 aromatic rings. The van der Waals surface area contributed by atoms with Crippen molar-refractivity contribution in [1.29, 1.82) is 0 Å². The summed E-state index contributed by atoms with van der Waals surface area (Å²) in [6.07, 6.45) is 7.46. The largest absolute Gasteiger partial charge is 0.388 e. The zero-order valence-corrected chi connectivity index (χ0v) is 12.0. The first-order valence-corrected chi connectivity index (χ1v) is 7.68. The van der Waals surface area contributed by atoms with Crippen LogP contribution in [-0.2, 0) is 9.53 Å². The second kappa shape index (κ2) is 6.71. The molecular weight excluding hydrogens is 242 g/mol. The summed E-state index contributed by atoms with van der Waals surface area (Å²) in [5.41, 5.74) is -0.685. The zero-order valence-electron chi connectivity index (χ0n) is 12.0. The highest BCUT2D eigenvalue weighted by Gasteiger charge is 2.32. The van der Waals surface area contributed by atoms with Crippen LogP contribution in [0.2, 0.25) is 0 Å². The van der Waals surface area contributed by atoms with Crippen molar-refractivity contribution in [2.45, 2.75) is 70.0 Å². The Kier molecular flexibility index (Phi) is 5.22. The monoisotopic (exact) mass is 269 g/mol. The van der Waals surface area contributed by atoms with Gasteiger partial charge in [0.25, 0.3) is 0 Å². The molecule has 2 rings (SSSR count). The van der Waals surface area contributed by atoms with Gasteiger partial charge >= 0.3 is 0 Å². The second-order valence-electron chi connectivity index (χ2n) is 6.38. The molecule has 0 bridgehead atoms. The number of aliphatic hydroxyl groups is 1. The van der Waals surface area contributed by atoms with Crippen LogP contribution in [0.4, 0.5) is 0 Å². The molecule has 1 saturated carbocycles. The average molecular weight is 269 g/mol. The minimum Gasteiger partial charge on any atom is -0.388 e. The van der Waals surface area contributed by atoms with Gasteiger partial charge in [0.15, 0.2) is 0 Å². The Morgan fingerprint density at radius 3 is 2.68 bits per heavy atom. The van der Waals surface area contributed by atoms with E-state index >= 15 is 0 Å². The maximum Gasteiger partial charge on any atom is 0.222 e. The molecule has 2 aliphatic rings. The van der Waals surface area contributed by atoms with Crippen LogP contribution in [0.15, 0.2) is 0 Å². The first kappa shape index (κ1) is 14.8. The van der Waals surface area contributed by atoms with E-state index in [9.17, 15) is 9.90 Å². The molecule has 1 saturated heterocycles. The molecule has 1 amide bonds. The Balaban J connectivity index is 1.67. The van der Waals surface area contributed by atoms with Gasteiger partial charge in [-0.15, -0.1) is 0 Å². The van der Waals surface area contributed by atoms with Crippen molar-refractivity contribution in [1.82, 2.24) is 5.32 Å². The highest BCUT2D eigenvalue weighted by atomic mass is 16.5. The van der Waals surface area contributed by atoms with Gasteiger partial charge in [-0.2, -0.15) is 0 Å². The number of rotatable bonds is 4. The number of hydrogen-bond donors (Lipinski definition) is 2. The van der Waals surface area contributed by atoms with Crippen LogP contribution in [0.5, 0.6) is 0 Å². The number of amides is 1. The lowest BCUT2D eigenvalue weighted by molar-refractivity contribution is -0.126. The maximum absolute atomic E-state index is 11.9. The van der Waals surface area contributed by atoms with Crippen LogP contribution in [-0.4, -0.2) is 35.9 Å². The Labute approximate surface area is 115 Å². The van der Waals surface area contributed by atoms with Gasteiger partial charge < -0.3 is 15.2 Å². The van der Waals surface area contributed by atoms with Crippen LogP contribution in [0.3, 0.4) is 0 Å². The molecular formula is C15H27NO3. The number of hydrogen-bond acceptors (Lipinski definition) is 3. The van der Waals surface area contributed by atoms with E-state index in [1.54, 1.807) is 0 Å². The lowest BCUT2D eigenvalue weighted by Crippen LogP contribution is -2.45. The van der Waals surface area contributed by atoms with Crippen LogP contribution >= 0.6 is 0 Å². The molecule has 0 radical (unpaired) electrons. The summed E-state index contributed by atoms with van der Waals surface area (Å²) in [5, 5.41) is 13.3. The van der Waals surface area contributed by atoms with Gasteiger partial charge in [0.2, 0.25) is 5.91 Å². The van der Waals surface area contributed by atoms with Gasteiger partial charge in [0.05, 0.1) is 18.1 Å². The minimum absolute atomic E-state index is 0.0129. The Hall–Kier alpha value is -0.610. The van der Waals surface area contributed by atoms with E-state index in [4.69, 9.17) is 4.74 Å². The Bertz CT molecular complexity index is 292. The van der Waals surface area contributed by atoms with Crippen molar-refractivity contribution in [3.8, 4) is 0 Å². The molecule has 1 aliphatic heterocycles. The SMILES string of the molecule is CC1CCC(O)(CNC(=O)CC2CCCCO2)CC1. The van der Waals surface area contributed by atoms with Crippen molar-refractivity contribution in [2.24, 2.45) is 5.92 Å². The van der Waals surface area contributed by atoms with Gasteiger partial charge in [0.1, 0.15) is 0 Å². The highest BCUT2D eigenvalue weighted by molar-refractivity contribution is 5.76. The van der Waals surface area contributed by atoms with Crippen molar-refractivity contribution in [3.63, 3.8) is 0 Å². The quantitative estimate of drug-likeness (QED) is 0.820. The fourth-order valence-corrected chi connectivity index (χ4v) is 2.99. The molecule has 1 unspecified atom stereocenters. The summed E-state index contributed by atoms with van der Waals surface area (Å²) in [4.78, 5) is 11.9. The topological polar surface area (TPSA) is 58.6 Å². The average Bonchev–Trinajstić information content (AvgIpc) is 2.42. The van der Waals surface area contributed by atoms with Crippen LogP contribution < -0.4 is 5.32 Å². The van der Waals surface area contributed by atoms with E-state index < -0.39 is 5.60 Å². The molecule has 1 aliphatic carbocycles. The fourth-order valence-electron chi connectivity index (χ4n) is 2.99. The third-order valence-electron chi connectivity index (χ3n) is 4.51. The van der Waals surface area contributed by atoms with Gasteiger partial charge in [-0.25, -0.2) is 0 Å². The molecule has 110 valence electrons. The number of ether oxygens (including phenoxy) is 1. The minimum atomic E-state index is -0.685. The van der Waals surface area contributed by atoms with E-state index in [0.717, 1.165) is 51.6 Å². The molecule has 4 nitrogen and oxygen atoms in total. The zero-order chi connectivity index (χ0) is 13.7. The lowest BCUT2D eigenvalue weighted by atomic mass is 9.79. The summed E-state index contributed by atoms with van der Waals surface area (Å²) in [6.45, 7) is 3.39. The summed E-state index contributed by atoms with van der Waals surface area (Å²) >= 11 is 0. The lowest BCUT2D eigenvalue weighted by Gasteiger charge is -2.35. The van der Waals surface area contributed by atoms with Gasteiger partial charge in [-0.05, 0) is 50.9 Å². The number of carbonyl (C=O) groups excluding carboxylic acids is 1. The van der Waals surface area contributed by atoms with Gasteiger partial charge in [-0.1, -0.05) is 6.92 Å². The predicted molar refractivity (Wildman–Crippen MR) is 73.8 cm³/mol. The third-order valence-corrected chi connectivity index (χ3v) is 4.51. The van der Waals surface area contributed by atoms with E-state index in [-0.39, 0.29) is 12.0 Å².